The summed E-state index contributed by atoms with van der Waals surface area (Å²) in [6.07, 6.45) is -3.77. The highest BCUT2D eigenvalue weighted by Gasteiger charge is 2.36. The Morgan fingerprint density at radius 2 is 1.95 bits per heavy atom. The fraction of sp³-hybridized carbons (Fsp3) is 0.444. The van der Waals surface area contributed by atoms with E-state index >= 15 is 0 Å². The molecule has 0 aliphatic rings. The molecule has 0 N–H and O–H groups in total. The molecule has 0 aromatic carbocycles. The van der Waals surface area contributed by atoms with Gasteiger partial charge in [-0.3, -0.25) is 0 Å². The van der Waals surface area contributed by atoms with Gasteiger partial charge in [-0.1, -0.05) is 30.1 Å². The second-order valence-corrected chi connectivity index (χ2v) is 6.19. The van der Waals surface area contributed by atoms with E-state index in [0.717, 1.165) is 12.3 Å². The number of rotatable bonds is 4. The number of pyridine rings is 1. The number of sulfonamides is 1. The van der Waals surface area contributed by atoms with Gasteiger partial charge in [0.2, 0.25) is 10.0 Å². The van der Waals surface area contributed by atoms with Crippen molar-refractivity contribution in [1.29, 1.82) is 0 Å². The topological polar surface area (TPSA) is 50.3 Å². The summed E-state index contributed by atoms with van der Waals surface area (Å²) in [6.45, 7) is -0.609. The molecule has 0 saturated heterocycles. The van der Waals surface area contributed by atoms with Gasteiger partial charge >= 0.3 is 6.18 Å². The van der Waals surface area contributed by atoms with Gasteiger partial charge in [-0.25, -0.2) is 13.4 Å². The van der Waals surface area contributed by atoms with E-state index in [9.17, 15) is 21.6 Å². The summed E-state index contributed by atoms with van der Waals surface area (Å²) in [5.41, 5.74) is 0. The van der Waals surface area contributed by atoms with E-state index < -0.39 is 27.6 Å². The third-order valence-electron chi connectivity index (χ3n) is 2.12. The van der Waals surface area contributed by atoms with Crippen molar-refractivity contribution in [2.45, 2.75) is 18.0 Å². The zero-order chi connectivity index (χ0) is 14.8. The van der Waals surface area contributed by atoms with E-state index in [0.29, 0.717) is 0 Å². The lowest BCUT2D eigenvalue weighted by Crippen LogP contribution is -2.38. The zero-order valence-corrected chi connectivity index (χ0v) is 11.9. The number of aromatic nitrogens is 1. The fourth-order valence-electron chi connectivity index (χ4n) is 1.26. The smallest absolute Gasteiger partial charge is 0.242 e. The van der Waals surface area contributed by atoms with E-state index in [4.69, 9.17) is 23.2 Å². The standard InChI is InChI=1S/C9H9Cl2F3N2O2S/c1-2-16(5-9(12,13)14)19(17,18)6-3-7(10)8(11)15-4-6/h3-4H,2,5H2,1H3. The van der Waals surface area contributed by atoms with Crippen LogP contribution >= 0.6 is 23.2 Å². The van der Waals surface area contributed by atoms with Crippen LogP contribution in [-0.2, 0) is 10.0 Å². The summed E-state index contributed by atoms with van der Waals surface area (Å²) in [7, 11) is -4.32. The molecule has 4 nitrogen and oxygen atoms in total. The molecule has 0 spiro atoms. The molecular weight excluding hydrogens is 328 g/mol. The SMILES string of the molecule is CCN(CC(F)(F)F)S(=O)(=O)c1cnc(Cl)c(Cl)c1. The highest BCUT2D eigenvalue weighted by molar-refractivity contribution is 7.89. The van der Waals surface area contributed by atoms with E-state index in [1.807, 2.05) is 0 Å². The Bertz CT molecular complexity index is 563. The van der Waals surface area contributed by atoms with Crippen LogP contribution in [0.4, 0.5) is 13.2 Å². The van der Waals surface area contributed by atoms with Gasteiger partial charge in [-0.2, -0.15) is 17.5 Å². The Morgan fingerprint density at radius 1 is 1.37 bits per heavy atom. The minimum Gasteiger partial charge on any atom is -0.242 e. The molecule has 0 aliphatic heterocycles. The summed E-state index contributed by atoms with van der Waals surface area (Å²) in [4.78, 5) is 3.07. The molecule has 1 aromatic rings. The molecule has 1 heterocycles. The first-order chi connectivity index (χ1) is 8.58. The number of halogens is 5. The molecule has 0 radical (unpaired) electrons. The van der Waals surface area contributed by atoms with Crippen molar-refractivity contribution in [3.63, 3.8) is 0 Å². The van der Waals surface area contributed by atoms with Gasteiger partial charge in [0.15, 0.2) is 0 Å². The van der Waals surface area contributed by atoms with Crippen molar-refractivity contribution >= 4 is 33.2 Å². The molecule has 1 rings (SSSR count). The molecule has 0 unspecified atom stereocenters. The molecular formula is C9H9Cl2F3N2O2S. The minimum absolute atomic E-state index is 0.125. The van der Waals surface area contributed by atoms with Gasteiger partial charge in [-0.05, 0) is 6.07 Å². The molecule has 0 fully saturated rings. The van der Waals surface area contributed by atoms with Crippen molar-refractivity contribution in [2.24, 2.45) is 0 Å². The Hall–Kier alpha value is -0.570. The van der Waals surface area contributed by atoms with Crippen LogP contribution in [0.15, 0.2) is 17.2 Å². The van der Waals surface area contributed by atoms with Gasteiger partial charge in [0.25, 0.3) is 0 Å². The van der Waals surface area contributed by atoms with Crippen molar-refractivity contribution in [3.05, 3.63) is 22.4 Å². The summed E-state index contributed by atoms with van der Waals surface area (Å²) >= 11 is 11.1. The van der Waals surface area contributed by atoms with Crippen LogP contribution < -0.4 is 0 Å². The van der Waals surface area contributed by atoms with Gasteiger partial charge in [0.1, 0.15) is 16.6 Å². The Labute approximate surface area is 118 Å². The Morgan fingerprint density at radius 3 is 2.37 bits per heavy atom. The van der Waals surface area contributed by atoms with E-state index in [-0.39, 0.29) is 21.0 Å². The van der Waals surface area contributed by atoms with Crippen LogP contribution in [0.3, 0.4) is 0 Å². The Kier molecular flexibility index (Phi) is 5.05. The monoisotopic (exact) mass is 336 g/mol. The maximum atomic E-state index is 12.3. The molecule has 0 bridgehead atoms. The van der Waals surface area contributed by atoms with E-state index in [2.05, 4.69) is 4.98 Å². The quantitative estimate of drug-likeness (QED) is 0.794. The van der Waals surface area contributed by atoms with Crippen LogP contribution in [0.1, 0.15) is 6.92 Å². The van der Waals surface area contributed by atoms with Crippen LogP contribution in [0, 0.1) is 0 Å². The summed E-state index contributed by atoms with van der Waals surface area (Å²) < 4.78 is 61.2. The van der Waals surface area contributed by atoms with Gasteiger partial charge in [0.05, 0.1) is 5.02 Å². The molecule has 0 saturated carbocycles. The number of nitrogens with zero attached hydrogens (tertiary/aromatic N) is 2. The third-order valence-corrected chi connectivity index (χ3v) is 4.69. The van der Waals surface area contributed by atoms with Crippen molar-refractivity contribution in [1.82, 2.24) is 9.29 Å². The summed E-state index contributed by atoms with van der Waals surface area (Å²) in [5, 5.41) is -0.273. The lowest BCUT2D eigenvalue weighted by molar-refractivity contribution is -0.135. The second kappa shape index (κ2) is 5.82. The molecule has 10 heteroatoms. The van der Waals surface area contributed by atoms with Gasteiger partial charge < -0.3 is 0 Å². The predicted molar refractivity (Wildman–Crippen MR) is 64.7 cm³/mol. The normalized spacial score (nSPS) is 13.0. The maximum Gasteiger partial charge on any atom is 0.402 e. The summed E-state index contributed by atoms with van der Waals surface area (Å²) in [6, 6.07) is 0.964. The predicted octanol–water partition coefficient (Wildman–Crippen LogP) is 2.96. The van der Waals surface area contributed by atoms with E-state index in [1.54, 1.807) is 0 Å². The first-order valence-electron chi connectivity index (χ1n) is 4.96. The zero-order valence-electron chi connectivity index (χ0n) is 9.58. The average molecular weight is 337 g/mol. The van der Waals surface area contributed by atoms with Crippen LogP contribution in [0.2, 0.25) is 10.2 Å². The average Bonchev–Trinajstić information content (AvgIpc) is 2.28. The summed E-state index contributed by atoms with van der Waals surface area (Å²) in [5.74, 6) is 0. The lowest BCUT2D eigenvalue weighted by atomic mass is 10.5. The second-order valence-electron chi connectivity index (χ2n) is 3.49. The Balaban J connectivity index is 3.17. The van der Waals surface area contributed by atoms with Gasteiger partial charge in [-0.15, -0.1) is 0 Å². The maximum absolute atomic E-state index is 12.3. The van der Waals surface area contributed by atoms with Crippen molar-refractivity contribution < 1.29 is 21.6 Å². The van der Waals surface area contributed by atoms with Crippen LogP contribution in [0.25, 0.3) is 0 Å². The molecule has 0 aliphatic carbocycles. The van der Waals surface area contributed by atoms with Crippen molar-refractivity contribution in [3.8, 4) is 0 Å². The van der Waals surface area contributed by atoms with Crippen molar-refractivity contribution in [2.75, 3.05) is 13.1 Å². The molecule has 0 amide bonds. The molecule has 0 atom stereocenters. The van der Waals surface area contributed by atoms with E-state index in [1.165, 1.54) is 6.92 Å². The molecule has 108 valence electrons. The minimum atomic E-state index is -4.63. The number of hydrogen-bond acceptors (Lipinski definition) is 3. The first-order valence-corrected chi connectivity index (χ1v) is 7.15. The fourth-order valence-corrected chi connectivity index (χ4v) is 3.00. The van der Waals surface area contributed by atoms with Crippen LogP contribution in [-0.4, -0.2) is 37.0 Å². The largest absolute Gasteiger partial charge is 0.402 e. The lowest BCUT2D eigenvalue weighted by Gasteiger charge is -2.21. The van der Waals surface area contributed by atoms with Crippen LogP contribution in [0.5, 0.6) is 0 Å². The first kappa shape index (κ1) is 16.5. The highest BCUT2D eigenvalue weighted by atomic mass is 35.5. The molecule has 1 aromatic heterocycles. The highest BCUT2D eigenvalue weighted by Crippen LogP contribution is 2.26. The molecule has 19 heavy (non-hydrogen) atoms. The number of hydrogen-bond donors (Lipinski definition) is 0. The third kappa shape index (κ3) is 4.20. The van der Waals surface area contributed by atoms with Gasteiger partial charge in [0, 0.05) is 12.7 Å². The number of alkyl halides is 3.